The van der Waals surface area contributed by atoms with Crippen LogP contribution in [-0.4, -0.2) is 43.2 Å². The van der Waals surface area contributed by atoms with Gasteiger partial charge in [-0.3, -0.25) is 4.84 Å². The second kappa shape index (κ2) is 6.94. The van der Waals surface area contributed by atoms with Gasteiger partial charge in [-0.15, -0.1) is 0 Å². The van der Waals surface area contributed by atoms with E-state index in [0.717, 1.165) is 29.3 Å². The lowest BCUT2D eigenvalue weighted by Crippen LogP contribution is -2.44. The van der Waals surface area contributed by atoms with Crippen LogP contribution in [0.1, 0.15) is 22.7 Å². The van der Waals surface area contributed by atoms with Crippen molar-refractivity contribution in [1.29, 1.82) is 0 Å². The zero-order chi connectivity index (χ0) is 19.2. The van der Waals surface area contributed by atoms with E-state index in [1.165, 1.54) is 16.4 Å². The minimum atomic E-state index is -3.79. The van der Waals surface area contributed by atoms with Crippen molar-refractivity contribution in [3.8, 4) is 0 Å². The predicted octanol–water partition coefficient (Wildman–Crippen LogP) is 2.64. The Morgan fingerprint density at radius 1 is 1.11 bits per heavy atom. The molecule has 2 heterocycles. The highest BCUT2D eigenvalue weighted by atomic mass is 32.2. The van der Waals surface area contributed by atoms with Crippen molar-refractivity contribution >= 4 is 10.0 Å². The van der Waals surface area contributed by atoms with Crippen LogP contribution in [0.2, 0.25) is 0 Å². The molecule has 0 amide bonds. The largest absolute Gasteiger partial charge is 0.297 e. The first-order valence-electron chi connectivity index (χ1n) is 8.74. The minimum absolute atomic E-state index is 0.0130. The molecule has 0 aromatic heterocycles. The maximum atomic E-state index is 14.3. The van der Waals surface area contributed by atoms with Gasteiger partial charge in [-0.2, -0.15) is 9.37 Å². The summed E-state index contributed by atoms with van der Waals surface area (Å²) in [4.78, 5) is 5.41. The average Bonchev–Trinajstić information content (AvgIpc) is 3.05. The van der Waals surface area contributed by atoms with Crippen molar-refractivity contribution in [2.45, 2.75) is 24.3 Å². The highest BCUT2D eigenvalue weighted by molar-refractivity contribution is 7.89. The molecule has 0 spiro atoms. The molecule has 0 saturated carbocycles. The summed E-state index contributed by atoms with van der Waals surface area (Å²) in [6, 6.07) is 9.88. The molecule has 1 saturated heterocycles. The molecule has 2 aliphatic heterocycles. The fraction of sp³-hybridized carbons (Fsp3) is 0.368. The van der Waals surface area contributed by atoms with Crippen LogP contribution in [-0.2, 0) is 27.8 Å². The van der Waals surface area contributed by atoms with Crippen molar-refractivity contribution in [3.63, 3.8) is 0 Å². The third kappa shape index (κ3) is 3.27. The zero-order valence-electron chi connectivity index (χ0n) is 14.8. The Morgan fingerprint density at radius 3 is 2.63 bits per heavy atom. The number of sulfonamides is 1. The van der Waals surface area contributed by atoms with Crippen LogP contribution < -0.4 is 0 Å². The molecule has 0 aliphatic carbocycles. The van der Waals surface area contributed by atoms with Gasteiger partial charge in [0, 0.05) is 25.7 Å². The Kier molecular flexibility index (Phi) is 4.75. The standard InChI is InChI=1S/C19H20F2N2O3S/c1-22-19(16-10-15(20)6-7-17(16)21)18(12-26-22)27(24,25)23-9-8-13-4-2-3-5-14(13)11-23/h2-7,10,18-19H,8-9,11-12H2,1H3/t18-,19+/m1/s1. The zero-order valence-corrected chi connectivity index (χ0v) is 15.6. The van der Waals surface area contributed by atoms with E-state index >= 15 is 0 Å². The number of hydroxylamine groups is 2. The van der Waals surface area contributed by atoms with E-state index in [2.05, 4.69) is 0 Å². The molecule has 0 N–H and O–H groups in total. The van der Waals surface area contributed by atoms with Gasteiger partial charge in [0.2, 0.25) is 10.0 Å². The highest BCUT2D eigenvalue weighted by Crippen LogP contribution is 2.37. The van der Waals surface area contributed by atoms with Crippen LogP contribution in [0.4, 0.5) is 8.78 Å². The molecular formula is C19H20F2N2O3S. The smallest absolute Gasteiger partial charge is 0.221 e. The molecule has 2 aromatic carbocycles. The van der Waals surface area contributed by atoms with Gasteiger partial charge in [-0.25, -0.2) is 17.2 Å². The molecule has 0 radical (unpaired) electrons. The summed E-state index contributed by atoms with van der Waals surface area (Å²) in [6.45, 7) is 0.534. The molecule has 0 bridgehead atoms. The first-order valence-corrected chi connectivity index (χ1v) is 10.2. The molecule has 1 fully saturated rings. The Bertz CT molecular complexity index is 967. The number of benzene rings is 2. The number of rotatable bonds is 3. The molecule has 27 heavy (non-hydrogen) atoms. The Labute approximate surface area is 157 Å². The van der Waals surface area contributed by atoms with Gasteiger partial charge < -0.3 is 0 Å². The molecular weight excluding hydrogens is 374 g/mol. The minimum Gasteiger partial charge on any atom is -0.297 e. The predicted molar refractivity (Wildman–Crippen MR) is 96.1 cm³/mol. The van der Waals surface area contributed by atoms with Gasteiger partial charge in [0.05, 0.1) is 12.6 Å². The van der Waals surface area contributed by atoms with Crippen molar-refractivity contribution < 1.29 is 22.0 Å². The molecule has 2 atom stereocenters. The molecule has 4 rings (SSSR count). The van der Waals surface area contributed by atoms with Gasteiger partial charge in [-0.05, 0) is 35.7 Å². The summed E-state index contributed by atoms with van der Waals surface area (Å²) in [6.07, 6.45) is 0.623. The van der Waals surface area contributed by atoms with Gasteiger partial charge in [0.15, 0.2) is 0 Å². The maximum absolute atomic E-state index is 14.3. The lowest BCUT2D eigenvalue weighted by Gasteiger charge is -2.32. The molecule has 2 aliphatic rings. The number of hydrogen-bond acceptors (Lipinski definition) is 4. The van der Waals surface area contributed by atoms with Gasteiger partial charge >= 0.3 is 0 Å². The Hall–Kier alpha value is -1.87. The fourth-order valence-corrected chi connectivity index (χ4v) is 5.79. The van der Waals surface area contributed by atoms with Crippen molar-refractivity contribution in [3.05, 3.63) is 70.8 Å². The first-order chi connectivity index (χ1) is 12.9. The van der Waals surface area contributed by atoms with Gasteiger partial charge in [-0.1, -0.05) is 24.3 Å². The van der Waals surface area contributed by atoms with E-state index in [1.807, 2.05) is 24.3 Å². The van der Waals surface area contributed by atoms with E-state index < -0.39 is 32.9 Å². The summed E-state index contributed by atoms with van der Waals surface area (Å²) in [5.74, 6) is -1.27. The summed E-state index contributed by atoms with van der Waals surface area (Å²) in [7, 11) is -2.25. The quantitative estimate of drug-likeness (QED) is 0.803. The lowest BCUT2D eigenvalue weighted by molar-refractivity contribution is -0.111. The second-order valence-corrected chi connectivity index (χ2v) is 9.04. The summed E-state index contributed by atoms with van der Waals surface area (Å²) in [5, 5.41) is 0.293. The van der Waals surface area contributed by atoms with Gasteiger partial charge in [0.25, 0.3) is 0 Å². The molecule has 0 unspecified atom stereocenters. The number of halogens is 2. The number of hydrogen-bond donors (Lipinski definition) is 0. The van der Waals surface area contributed by atoms with E-state index in [1.54, 1.807) is 0 Å². The third-order valence-corrected chi connectivity index (χ3v) is 7.49. The molecule has 144 valence electrons. The second-order valence-electron chi connectivity index (χ2n) is 6.89. The van der Waals surface area contributed by atoms with E-state index in [0.29, 0.717) is 13.0 Å². The van der Waals surface area contributed by atoms with Crippen LogP contribution in [0.15, 0.2) is 42.5 Å². The van der Waals surface area contributed by atoms with Gasteiger partial charge in [0.1, 0.15) is 16.9 Å². The monoisotopic (exact) mass is 394 g/mol. The van der Waals surface area contributed by atoms with Crippen molar-refractivity contribution in [2.75, 3.05) is 20.2 Å². The van der Waals surface area contributed by atoms with Crippen LogP contribution >= 0.6 is 0 Å². The van der Waals surface area contributed by atoms with Crippen LogP contribution in [0.25, 0.3) is 0 Å². The Balaban J connectivity index is 1.68. The first kappa shape index (κ1) is 18.5. The molecule has 5 nitrogen and oxygen atoms in total. The molecule has 2 aromatic rings. The third-order valence-electron chi connectivity index (χ3n) is 5.30. The van der Waals surface area contributed by atoms with Crippen molar-refractivity contribution in [2.24, 2.45) is 0 Å². The lowest BCUT2D eigenvalue weighted by atomic mass is 10.0. The Morgan fingerprint density at radius 2 is 1.85 bits per heavy atom. The average molecular weight is 394 g/mol. The maximum Gasteiger partial charge on any atom is 0.221 e. The SMILES string of the molecule is CN1OC[C@@H](S(=O)(=O)N2CCc3ccccc3C2)[C@@H]1c1cc(F)ccc1F. The van der Waals surface area contributed by atoms with E-state index in [4.69, 9.17) is 4.84 Å². The van der Waals surface area contributed by atoms with Crippen LogP contribution in [0.3, 0.4) is 0 Å². The fourth-order valence-electron chi connectivity index (χ4n) is 3.86. The van der Waals surface area contributed by atoms with E-state index in [9.17, 15) is 17.2 Å². The summed E-state index contributed by atoms with van der Waals surface area (Å²) < 4.78 is 56.1. The topological polar surface area (TPSA) is 49.9 Å². The van der Waals surface area contributed by atoms with Crippen LogP contribution in [0.5, 0.6) is 0 Å². The summed E-state index contributed by atoms with van der Waals surface area (Å²) in [5.41, 5.74) is 2.09. The number of nitrogens with zero attached hydrogens (tertiary/aromatic N) is 2. The van der Waals surface area contributed by atoms with Crippen molar-refractivity contribution in [1.82, 2.24) is 9.37 Å². The highest BCUT2D eigenvalue weighted by Gasteiger charge is 2.47. The normalized spacial score (nSPS) is 24.1. The summed E-state index contributed by atoms with van der Waals surface area (Å²) >= 11 is 0. The number of fused-ring (bicyclic) bond motifs is 1. The van der Waals surface area contributed by atoms with E-state index in [-0.39, 0.29) is 18.7 Å². The molecule has 8 heteroatoms. The van der Waals surface area contributed by atoms with Crippen LogP contribution in [0, 0.1) is 11.6 Å².